The summed E-state index contributed by atoms with van der Waals surface area (Å²) in [6.07, 6.45) is 1.68. The molecule has 16 heavy (non-hydrogen) atoms. The number of halogens is 1. The van der Waals surface area contributed by atoms with E-state index in [9.17, 15) is 4.79 Å². The molecule has 0 saturated carbocycles. The lowest BCUT2D eigenvalue weighted by Gasteiger charge is -2.14. The molecule has 0 unspecified atom stereocenters. The number of rotatable bonds is 6. The van der Waals surface area contributed by atoms with Gasteiger partial charge in [0.1, 0.15) is 0 Å². The second-order valence-electron chi connectivity index (χ2n) is 3.98. The maximum atomic E-state index is 11.8. The summed E-state index contributed by atoms with van der Waals surface area (Å²) in [5, 5.41) is 0.666. The predicted octanol–water partition coefficient (Wildman–Crippen LogP) is 3.25. The highest BCUT2D eigenvalue weighted by atomic mass is 35.5. The Morgan fingerprint density at radius 2 is 1.88 bits per heavy atom. The van der Waals surface area contributed by atoms with E-state index in [4.69, 9.17) is 11.6 Å². The van der Waals surface area contributed by atoms with Crippen LogP contribution in [0.15, 0.2) is 24.3 Å². The molecule has 0 bridgehead atoms. The van der Waals surface area contributed by atoms with Gasteiger partial charge in [0.25, 0.3) is 0 Å². The molecule has 88 valence electrons. The highest BCUT2D eigenvalue weighted by molar-refractivity contribution is 6.30. The first-order valence-electron chi connectivity index (χ1n) is 5.60. The number of Topliss-reactive ketones (excluding diaryl/α,β-unsaturated/α-hetero) is 1. The minimum absolute atomic E-state index is 0.180. The van der Waals surface area contributed by atoms with E-state index in [0.29, 0.717) is 11.4 Å². The van der Waals surface area contributed by atoms with E-state index in [2.05, 4.69) is 11.8 Å². The van der Waals surface area contributed by atoms with Crippen molar-refractivity contribution >= 4 is 17.4 Å². The Morgan fingerprint density at radius 3 is 2.44 bits per heavy atom. The highest BCUT2D eigenvalue weighted by Gasteiger charge is 2.06. The summed E-state index contributed by atoms with van der Waals surface area (Å²) in [6.45, 7) is 3.99. The van der Waals surface area contributed by atoms with Crippen molar-refractivity contribution in [1.29, 1.82) is 0 Å². The van der Waals surface area contributed by atoms with E-state index in [1.807, 2.05) is 7.05 Å². The molecule has 2 nitrogen and oxygen atoms in total. The van der Waals surface area contributed by atoms with Gasteiger partial charge >= 0.3 is 0 Å². The molecule has 0 heterocycles. The summed E-state index contributed by atoms with van der Waals surface area (Å²) in [6, 6.07) is 7.07. The lowest BCUT2D eigenvalue weighted by molar-refractivity contribution is 0.0969. The molecule has 3 heteroatoms. The number of benzene rings is 1. The first kappa shape index (κ1) is 13.2. The minimum Gasteiger partial charge on any atom is -0.306 e. The SMILES string of the molecule is CCCN(C)CCC(=O)c1ccc(Cl)cc1. The van der Waals surface area contributed by atoms with Gasteiger partial charge in [-0.15, -0.1) is 0 Å². The number of nitrogens with zero attached hydrogens (tertiary/aromatic N) is 1. The molecule has 0 aliphatic heterocycles. The molecule has 0 atom stereocenters. The third-order valence-corrected chi connectivity index (χ3v) is 2.74. The van der Waals surface area contributed by atoms with Crippen LogP contribution in [-0.4, -0.2) is 30.8 Å². The van der Waals surface area contributed by atoms with Crippen LogP contribution in [0.2, 0.25) is 5.02 Å². The van der Waals surface area contributed by atoms with Gasteiger partial charge in [-0.1, -0.05) is 18.5 Å². The fourth-order valence-corrected chi connectivity index (χ4v) is 1.69. The minimum atomic E-state index is 0.180. The van der Waals surface area contributed by atoms with Gasteiger partial charge in [0, 0.05) is 23.6 Å². The van der Waals surface area contributed by atoms with Crippen LogP contribution in [0.3, 0.4) is 0 Å². The monoisotopic (exact) mass is 239 g/mol. The van der Waals surface area contributed by atoms with Gasteiger partial charge < -0.3 is 4.90 Å². The summed E-state index contributed by atoms with van der Waals surface area (Å²) < 4.78 is 0. The second kappa shape index (κ2) is 6.66. The summed E-state index contributed by atoms with van der Waals surface area (Å²) in [5.41, 5.74) is 0.745. The lowest BCUT2D eigenvalue weighted by Crippen LogP contribution is -2.22. The standard InChI is InChI=1S/C13H18ClNO/c1-3-9-15(2)10-8-13(16)11-4-6-12(14)7-5-11/h4-7H,3,8-10H2,1-2H3. The van der Waals surface area contributed by atoms with Crippen molar-refractivity contribution in [2.75, 3.05) is 20.1 Å². The normalized spacial score (nSPS) is 10.8. The van der Waals surface area contributed by atoms with E-state index >= 15 is 0 Å². The molecule has 0 saturated heterocycles. The molecule has 0 radical (unpaired) electrons. The molecule has 0 N–H and O–H groups in total. The van der Waals surface area contributed by atoms with Gasteiger partial charge in [0.05, 0.1) is 0 Å². The molecular weight excluding hydrogens is 222 g/mol. The van der Waals surface area contributed by atoms with Crippen molar-refractivity contribution < 1.29 is 4.79 Å². The van der Waals surface area contributed by atoms with E-state index in [0.717, 1.165) is 25.1 Å². The number of ketones is 1. The van der Waals surface area contributed by atoms with E-state index in [1.54, 1.807) is 24.3 Å². The van der Waals surface area contributed by atoms with E-state index in [1.165, 1.54) is 0 Å². The van der Waals surface area contributed by atoms with Gasteiger partial charge in [-0.25, -0.2) is 0 Å². The number of carbonyl (C=O) groups is 1. The van der Waals surface area contributed by atoms with Crippen molar-refractivity contribution in [3.05, 3.63) is 34.9 Å². The van der Waals surface area contributed by atoms with Crippen molar-refractivity contribution in [1.82, 2.24) is 4.90 Å². The van der Waals surface area contributed by atoms with Crippen LogP contribution < -0.4 is 0 Å². The molecule has 0 aromatic heterocycles. The largest absolute Gasteiger partial charge is 0.306 e. The zero-order valence-corrected chi connectivity index (χ0v) is 10.6. The molecule has 1 aromatic carbocycles. The van der Waals surface area contributed by atoms with Crippen LogP contribution in [0.5, 0.6) is 0 Å². The Bertz CT molecular complexity index is 334. The Balaban J connectivity index is 2.43. The highest BCUT2D eigenvalue weighted by Crippen LogP contribution is 2.11. The first-order chi connectivity index (χ1) is 7.63. The maximum absolute atomic E-state index is 11.8. The Labute approximate surface area is 102 Å². The quantitative estimate of drug-likeness (QED) is 0.711. The Hall–Kier alpha value is -0.860. The Morgan fingerprint density at radius 1 is 1.25 bits per heavy atom. The predicted molar refractivity (Wildman–Crippen MR) is 68.2 cm³/mol. The van der Waals surface area contributed by atoms with Crippen molar-refractivity contribution in [3.8, 4) is 0 Å². The molecule has 0 aliphatic carbocycles. The molecule has 1 rings (SSSR count). The summed E-state index contributed by atoms with van der Waals surface area (Å²) in [4.78, 5) is 14.0. The summed E-state index contributed by atoms with van der Waals surface area (Å²) in [7, 11) is 2.04. The fraction of sp³-hybridized carbons (Fsp3) is 0.462. The third-order valence-electron chi connectivity index (χ3n) is 2.49. The number of carbonyl (C=O) groups excluding carboxylic acids is 1. The molecule has 0 spiro atoms. The van der Waals surface area contributed by atoms with Crippen LogP contribution in [0.4, 0.5) is 0 Å². The van der Waals surface area contributed by atoms with Gasteiger partial charge in [0.2, 0.25) is 0 Å². The average molecular weight is 240 g/mol. The summed E-state index contributed by atoms with van der Waals surface area (Å²) >= 11 is 5.77. The van der Waals surface area contributed by atoms with Crippen molar-refractivity contribution in [2.45, 2.75) is 19.8 Å². The van der Waals surface area contributed by atoms with E-state index in [-0.39, 0.29) is 5.78 Å². The van der Waals surface area contributed by atoms with Crippen molar-refractivity contribution in [2.24, 2.45) is 0 Å². The van der Waals surface area contributed by atoms with Crippen LogP contribution in [0.25, 0.3) is 0 Å². The summed E-state index contributed by atoms with van der Waals surface area (Å²) in [5.74, 6) is 0.180. The topological polar surface area (TPSA) is 20.3 Å². The molecule has 0 aliphatic rings. The molecule has 0 amide bonds. The maximum Gasteiger partial charge on any atom is 0.164 e. The van der Waals surface area contributed by atoms with Crippen LogP contribution in [-0.2, 0) is 0 Å². The first-order valence-corrected chi connectivity index (χ1v) is 5.98. The average Bonchev–Trinajstić information content (AvgIpc) is 2.27. The van der Waals surface area contributed by atoms with Gasteiger partial charge in [-0.3, -0.25) is 4.79 Å². The van der Waals surface area contributed by atoms with E-state index < -0.39 is 0 Å². The molecule has 0 fully saturated rings. The smallest absolute Gasteiger partial charge is 0.164 e. The van der Waals surface area contributed by atoms with Gasteiger partial charge in [-0.05, 0) is 44.3 Å². The second-order valence-corrected chi connectivity index (χ2v) is 4.42. The fourth-order valence-electron chi connectivity index (χ4n) is 1.57. The molecule has 1 aromatic rings. The number of hydrogen-bond acceptors (Lipinski definition) is 2. The Kier molecular flexibility index (Phi) is 5.50. The van der Waals surface area contributed by atoms with Crippen LogP contribution in [0, 0.1) is 0 Å². The zero-order chi connectivity index (χ0) is 12.0. The zero-order valence-electron chi connectivity index (χ0n) is 9.87. The van der Waals surface area contributed by atoms with Crippen LogP contribution >= 0.6 is 11.6 Å². The number of hydrogen-bond donors (Lipinski definition) is 0. The third kappa shape index (κ3) is 4.33. The van der Waals surface area contributed by atoms with Gasteiger partial charge in [0.15, 0.2) is 5.78 Å². The van der Waals surface area contributed by atoms with Crippen LogP contribution in [0.1, 0.15) is 30.1 Å². The van der Waals surface area contributed by atoms with Gasteiger partial charge in [-0.2, -0.15) is 0 Å². The lowest BCUT2D eigenvalue weighted by atomic mass is 10.1. The molecular formula is C13H18ClNO. The van der Waals surface area contributed by atoms with Crippen molar-refractivity contribution in [3.63, 3.8) is 0 Å².